The number of rotatable bonds is 7. The molecule has 0 radical (unpaired) electrons. The van der Waals surface area contributed by atoms with E-state index in [1.807, 2.05) is 45.1 Å². The summed E-state index contributed by atoms with van der Waals surface area (Å²) in [5, 5.41) is 11.6. The zero-order valence-electron chi connectivity index (χ0n) is 20.7. The zero-order chi connectivity index (χ0) is 26.3. The summed E-state index contributed by atoms with van der Waals surface area (Å²) < 4.78 is 44.8. The normalized spacial score (nSPS) is 13.1. The van der Waals surface area contributed by atoms with Gasteiger partial charge in [-0.05, 0) is 86.7 Å². The fourth-order valence-electron chi connectivity index (χ4n) is 3.46. The maximum Gasteiger partial charge on any atom is 0.418 e. The van der Waals surface area contributed by atoms with Crippen molar-refractivity contribution in [2.24, 2.45) is 0 Å². The molecule has 0 aliphatic carbocycles. The van der Waals surface area contributed by atoms with Crippen molar-refractivity contribution in [3.05, 3.63) is 93.6 Å². The van der Waals surface area contributed by atoms with Gasteiger partial charge >= 0.3 is 6.18 Å². The molecule has 0 saturated carbocycles. The third-order valence-corrected chi connectivity index (χ3v) is 5.48. The summed E-state index contributed by atoms with van der Waals surface area (Å²) in [5.41, 5.74) is 4.47. The molecule has 0 atom stereocenters. The summed E-state index contributed by atoms with van der Waals surface area (Å²) >= 11 is 0. The van der Waals surface area contributed by atoms with E-state index in [4.69, 9.17) is 4.74 Å². The average molecular weight is 486 g/mol. The number of aromatic hydroxyl groups is 1. The van der Waals surface area contributed by atoms with Crippen LogP contribution in [0.3, 0.4) is 0 Å². The first-order chi connectivity index (χ1) is 16.3. The van der Waals surface area contributed by atoms with E-state index < -0.39 is 29.1 Å². The molecule has 0 unspecified atom stereocenters. The highest BCUT2D eigenvalue weighted by molar-refractivity contribution is 6.00. The number of hydrogen-bond acceptors (Lipinski definition) is 3. The lowest BCUT2D eigenvalue weighted by molar-refractivity contribution is -0.137. The molecule has 186 valence electrons. The van der Waals surface area contributed by atoms with Gasteiger partial charge in [0.15, 0.2) is 0 Å². The Morgan fingerprint density at radius 2 is 1.71 bits per heavy atom. The van der Waals surface area contributed by atoms with Gasteiger partial charge in [0.1, 0.15) is 11.5 Å². The van der Waals surface area contributed by atoms with Gasteiger partial charge in [-0.3, -0.25) is 4.79 Å². The SMILES string of the molecule is COc1cc(C)c(/C=C/C(C)=C/C=C/C(C)=C/C(=O)Nc2ccc(O)cc2C(F)(F)F)c(C)c1C. The first kappa shape index (κ1) is 27.5. The van der Waals surface area contributed by atoms with Crippen LogP contribution in [0.5, 0.6) is 11.5 Å². The maximum atomic E-state index is 13.1. The predicted molar refractivity (Wildman–Crippen MR) is 135 cm³/mol. The molecule has 7 heteroatoms. The minimum Gasteiger partial charge on any atom is -0.508 e. The highest BCUT2D eigenvalue weighted by Crippen LogP contribution is 2.37. The first-order valence-electron chi connectivity index (χ1n) is 10.9. The van der Waals surface area contributed by atoms with Gasteiger partial charge in [-0.2, -0.15) is 13.2 Å². The van der Waals surface area contributed by atoms with E-state index in [1.54, 1.807) is 26.2 Å². The Kier molecular flexibility index (Phi) is 9.12. The predicted octanol–water partition coefficient (Wildman–Crippen LogP) is 7.45. The minimum atomic E-state index is -4.71. The summed E-state index contributed by atoms with van der Waals surface area (Å²) in [4.78, 5) is 12.2. The molecule has 0 aliphatic rings. The monoisotopic (exact) mass is 485 g/mol. The summed E-state index contributed by atoms with van der Waals surface area (Å²) in [6, 6.07) is 4.68. The minimum absolute atomic E-state index is 0.423. The highest BCUT2D eigenvalue weighted by atomic mass is 19.4. The van der Waals surface area contributed by atoms with Gasteiger partial charge in [0.25, 0.3) is 0 Å². The molecular formula is C28H30F3NO3. The summed E-state index contributed by atoms with van der Waals surface area (Å²) in [5.74, 6) is -0.378. The van der Waals surface area contributed by atoms with Crippen LogP contribution in [0, 0.1) is 20.8 Å². The molecule has 0 fully saturated rings. The van der Waals surface area contributed by atoms with Gasteiger partial charge in [0.2, 0.25) is 5.91 Å². The maximum absolute atomic E-state index is 13.1. The van der Waals surface area contributed by atoms with E-state index in [2.05, 4.69) is 12.2 Å². The van der Waals surface area contributed by atoms with Crippen molar-refractivity contribution in [1.82, 2.24) is 0 Å². The number of carbonyl (C=O) groups is 1. The number of ether oxygens (including phenoxy) is 1. The molecule has 0 aliphatic heterocycles. The average Bonchev–Trinajstić information content (AvgIpc) is 2.76. The van der Waals surface area contributed by atoms with E-state index in [9.17, 15) is 23.1 Å². The van der Waals surface area contributed by atoms with E-state index >= 15 is 0 Å². The zero-order valence-corrected chi connectivity index (χ0v) is 20.7. The Bertz CT molecular complexity index is 1220. The van der Waals surface area contributed by atoms with Crippen LogP contribution in [-0.2, 0) is 11.0 Å². The fourth-order valence-corrected chi connectivity index (χ4v) is 3.46. The third kappa shape index (κ3) is 7.64. The van der Waals surface area contributed by atoms with Crippen LogP contribution in [0.2, 0.25) is 0 Å². The molecular weight excluding hydrogens is 455 g/mol. The van der Waals surface area contributed by atoms with Gasteiger partial charge in [-0.15, -0.1) is 0 Å². The van der Waals surface area contributed by atoms with E-state index in [0.717, 1.165) is 45.7 Å². The van der Waals surface area contributed by atoms with Crippen molar-refractivity contribution in [2.45, 2.75) is 40.8 Å². The molecule has 0 saturated heterocycles. The number of halogens is 3. The lowest BCUT2D eigenvalue weighted by Gasteiger charge is -2.13. The lowest BCUT2D eigenvalue weighted by atomic mass is 9.96. The molecule has 2 aromatic rings. The summed E-state index contributed by atoms with van der Waals surface area (Å²) in [6.07, 6.45) is 5.84. The number of phenolic OH excluding ortho intramolecular Hbond substituents is 1. The quantitative estimate of drug-likeness (QED) is 0.243. The van der Waals surface area contributed by atoms with E-state index in [1.165, 1.54) is 6.08 Å². The number of anilines is 1. The number of allylic oxidation sites excluding steroid dienone is 6. The second-order valence-corrected chi connectivity index (χ2v) is 8.27. The Balaban J connectivity index is 2.10. The van der Waals surface area contributed by atoms with Crippen LogP contribution in [0.1, 0.15) is 41.7 Å². The summed E-state index contributed by atoms with van der Waals surface area (Å²) in [6.45, 7) is 9.72. The van der Waals surface area contributed by atoms with Crippen LogP contribution in [0.4, 0.5) is 18.9 Å². The molecule has 2 aromatic carbocycles. The Labute approximate surface area is 204 Å². The van der Waals surface area contributed by atoms with Crippen molar-refractivity contribution in [3.8, 4) is 11.5 Å². The number of benzene rings is 2. The number of carbonyl (C=O) groups excluding carboxylic acids is 1. The van der Waals surface area contributed by atoms with Crippen LogP contribution in [-0.4, -0.2) is 18.1 Å². The molecule has 0 aromatic heterocycles. The molecule has 2 N–H and O–H groups in total. The Morgan fingerprint density at radius 1 is 1.03 bits per heavy atom. The second-order valence-electron chi connectivity index (χ2n) is 8.27. The van der Waals surface area contributed by atoms with Gasteiger partial charge in [0, 0.05) is 6.08 Å². The van der Waals surface area contributed by atoms with E-state index in [-0.39, 0.29) is 0 Å². The van der Waals surface area contributed by atoms with E-state index in [0.29, 0.717) is 11.6 Å². The number of hydrogen-bond donors (Lipinski definition) is 2. The molecule has 1 amide bonds. The van der Waals surface area contributed by atoms with Crippen molar-refractivity contribution in [3.63, 3.8) is 0 Å². The smallest absolute Gasteiger partial charge is 0.418 e. The van der Waals surface area contributed by atoms with Gasteiger partial charge < -0.3 is 15.2 Å². The van der Waals surface area contributed by atoms with Crippen LogP contribution >= 0.6 is 0 Å². The highest BCUT2D eigenvalue weighted by Gasteiger charge is 2.34. The van der Waals surface area contributed by atoms with Crippen molar-refractivity contribution < 1.29 is 27.8 Å². The summed E-state index contributed by atoms with van der Waals surface area (Å²) in [7, 11) is 1.66. The molecule has 0 bridgehead atoms. The van der Waals surface area contributed by atoms with Crippen LogP contribution in [0.15, 0.2) is 65.8 Å². The molecule has 2 rings (SSSR count). The van der Waals surface area contributed by atoms with Gasteiger partial charge in [-0.25, -0.2) is 0 Å². The number of amides is 1. The topological polar surface area (TPSA) is 58.6 Å². The number of alkyl halides is 3. The Morgan fingerprint density at radius 3 is 2.34 bits per heavy atom. The lowest BCUT2D eigenvalue weighted by Crippen LogP contribution is -2.14. The first-order valence-corrected chi connectivity index (χ1v) is 10.9. The fraction of sp³-hybridized carbons (Fsp3) is 0.250. The van der Waals surface area contributed by atoms with Crippen LogP contribution in [0.25, 0.3) is 6.08 Å². The van der Waals surface area contributed by atoms with Gasteiger partial charge in [0.05, 0.1) is 18.4 Å². The van der Waals surface area contributed by atoms with Crippen molar-refractivity contribution >= 4 is 17.7 Å². The van der Waals surface area contributed by atoms with Crippen LogP contribution < -0.4 is 10.1 Å². The standard InChI is InChI=1S/C28H30F3NO3/c1-17(10-12-23-19(3)15-26(35-6)21(5)20(23)4)8-7-9-18(2)14-27(34)32-25-13-11-22(33)16-24(25)28(29,30)31/h7-16,33H,1-6H3,(H,32,34)/b9-7+,12-10+,17-8+,18-14+. The number of methoxy groups -OCH3 is 1. The van der Waals surface area contributed by atoms with Crippen molar-refractivity contribution in [2.75, 3.05) is 12.4 Å². The molecule has 0 heterocycles. The number of aryl methyl sites for hydroxylation is 1. The third-order valence-electron chi connectivity index (χ3n) is 5.48. The molecule has 0 spiro atoms. The Hall–Kier alpha value is -3.74. The molecule has 35 heavy (non-hydrogen) atoms. The molecule has 4 nitrogen and oxygen atoms in total. The second kappa shape index (κ2) is 11.6. The van der Waals surface area contributed by atoms with Gasteiger partial charge in [-0.1, -0.05) is 36.0 Å². The number of phenols is 1. The largest absolute Gasteiger partial charge is 0.508 e. The number of nitrogens with one attached hydrogen (secondary N) is 1. The van der Waals surface area contributed by atoms with Crippen molar-refractivity contribution in [1.29, 1.82) is 0 Å².